The van der Waals surface area contributed by atoms with Crippen LogP contribution in [0.3, 0.4) is 0 Å². The van der Waals surface area contributed by atoms with E-state index in [2.05, 4.69) is 20.8 Å². The maximum Gasteiger partial charge on any atom is 0.187 e. The van der Waals surface area contributed by atoms with Crippen LogP contribution in [0.5, 0.6) is 0 Å². The number of halogens is 1. The van der Waals surface area contributed by atoms with Gasteiger partial charge in [0.15, 0.2) is 5.11 Å². The van der Waals surface area contributed by atoms with Crippen molar-refractivity contribution in [2.24, 2.45) is 5.10 Å². The van der Waals surface area contributed by atoms with Crippen LogP contribution in [-0.4, -0.2) is 16.3 Å². The van der Waals surface area contributed by atoms with E-state index < -0.39 is 0 Å². The Balaban J connectivity index is 1.51. The van der Waals surface area contributed by atoms with Crippen molar-refractivity contribution >= 4 is 23.5 Å². The van der Waals surface area contributed by atoms with Crippen LogP contribution < -0.4 is 10.7 Å². The molecule has 2 N–H and O–H groups in total. The summed E-state index contributed by atoms with van der Waals surface area (Å²) >= 11 is 5.13. The summed E-state index contributed by atoms with van der Waals surface area (Å²) in [7, 11) is 0. The third-order valence-electron chi connectivity index (χ3n) is 3.25. The minimum absolute atomic E-state index is 0.310. The van der Waals surface area contributed by atoms with Gasteiger partial charge >= 0.3 is 0 Å². The fourth-order valence-electron chi connectivity index (χ4n) is 2.09. The Morgan fingerprint density at radius 2 is 2.12 bits per heavy atom. The minimum Gasteiger partial charge on any atom is -0.455 e. The molecule has 0 saturated heterocycles. The Kier molecular flexibility index (Phi) is 5.48. The van der Waals surface area contributed by atoms with Gasteiger partial charge in [0.1, 0.15) is 17.3 Å². The molecular formula is C18H15FN4OS. The summed E-state index contributed by atoms with van der Waals surface area (Å²) in [4.78, 5) is 4.19. The molecule has 0 spiro atoms. The molecule has 0 unspecified atom stereocenters. The zero-order chi connectivity index (χ0) is 17.5. The minimum atomic E-state index is -0.310. The Bertz CT molecular complexity index is 880. The maximum absolute atomic E-state index is 13.2. The first kappa shape index (κ1) is 16.8. The molecule has 0 fully saturated rings. The smallest absolute Gasteiger partial charge is 0.187 e. The molecule has 0 bridgehead atoms. The molecule has 0 atom stereocenters. The zero-order valence-corrected chi connectivity index (χ0v) is 14.0. The van der Waals surface area contributed by atoms with Gasteiger partial charge in [0, 0.05) is 11.8 Å². The van der Waals surface area contributed by atoms with Crippen molar-refractivity contribution in [2.75, 3.05) is 0 Å². The average Bonchev–Trinajstić information content (AvgIpc) is 3.10. The van der Waals surface area contributed by atoms with Gasteiger partial charge in [0.2, 0.25) is 0 Å². The molecule has 2 heterocycles. The Labute approximate surface area is 149 Å². The van der Waals surface area contributed by atoms with E-state index >= 15 is 0 Å². The van der Waals surface area contributed by atoms with E-state index in [4.69, 9.17) is 16.6 Å². The standard InChI is InChI=1S/C18H15FN4OS/c19-14-5-3-4-13(10-14)17-8-7-16(24-17)12-22-23-18(25)21-11-15-6-1-2-9-20-15/h1-10,12H,11H2,(H2,21,23,25)/b22-12+. The predicted molar refractivity (Wildman–Crippen MR) is 98.5 cm³/mol. The zero-order valence-electron chi connectivity index (χ0n) is 13.1. The van der Waals surface area contributed by atoms with Gasteiger partial charge in [-0.1, -0.05) is 18.2 Å². The van der Waals surface area contributed by atoms with Crippen molar-refractivity contribution in [1.82, 2.24) is 15.7 Å². The molecular weight excluding hydrogens is 339 g/mol. The quantitative estimate of drug-likeness (QED) is 0.417. The molecule has 5 nitrogen and oxygen atoms in total. The monoisotopic (exact) mass is 354 g/mol. The van der Waals surface area contributed by atoms with Crippen molar-refractivity contribution in [1.29, 1.82) is 0 Å². The molecule has 0 saturated carbocycles. The highest BCUT2D eigenvalue weighted by atomic mass is 32.1. The highest BCUT2D eigenvalue weighted by Crippen LogP contribution is 2.22. The van der Waals surface area contributed by atoms with Crippen molar-refractivity contribution in [3.8, 4) is 11.3 Å². The number of aromatic nitrogens is 1. The lowest BCUT2D eigenvalue weighted by atomic mass is 10.2. The van der Waals surface area contributed by atoms with Crippen LogP contribution >= 0.6 is 12.2 Å². The number of hydrogen-bond acceptors (Lipinski definition) is 4. The molecule has 7 heteroatoms. The molecule has 0 radical (unpaired) electrons. The van der Waals surface area contributed by atoms with Crippen molar-refractivity contribution in [3.05, 3.63) is 78.1 Å². The van der Waals surface area contributed by atoms with Crippen molar-refractivity contribution < 1.29 is 8.81 Å². The number of nitrogens with zero attached hydrogens (tertiary/aromatic N) is 2. The Morgan fingerprint density at radius 3 is 2.92 bits per heavy atom. The fourth-order valence-corrected chi connectivity index (χ4v) is 2.21. The normalized spacial score (nSPS) is 10.8. The van der Waals surface area contributed by atoms with Gasteiger partial charge in [0.05, 0.1) is 18.5 Å². The predicted octanol–water partition coefficient (Wildman–Crippen LogP) is 3.48. The molecule has 3 aromatic rings. The second-order valence-corrected chi connectivity index (χ2v) is 5.49. The highest BCUT2D eigenvalue weighted by molar-refractivity contribution is 7.80. The molecule has 3 rings (SSSR count). The molecule has 2 aromatic heterocycles. The lowest BCUT2D eigenvalue weighted by molar-refractivity contribution is 0.572. The summed E-state index contributed by atoms with van der Waals surface area (Å²) in [5.41, 5.74) is 4.24. The van der Waals surface area contributed by atoms with E-state index in [0.29, 0.717) is 28.7 Å². The van der Waals surface area contributed by atoms with Gasteiger partial charge < -0.3 is 9.73 Å². The number of hydrazone groups is 1. The van der Waals surface area contributed by atoms with E-state index in [1.807, 2.05) is 18.2 Å². The SMILES string of the molecule is Fc1cccc(-c2ccc(/C=N/NC(=S)NCc3ccccn3)o2)c1. The number of furan rings is 1. The van der Waals surface area contributed by atoms with Crippen molar-refractivity contribution in [2.45, 2.75) is 6.54 Å². The summed E-state index contributed by atoms with van der Waals surface area (Å²) in [5, 5.41) is 7.38. The van der Waals surface area contributed by atoms with E-state index in [1.165, 1.54) is 18.3 Å². The summed E-state index contributed by atoms with van der Waals surface area (Å²) in [6.45, 7) is 0.507. The lowest BCUT2D eigenvalue weighted by Crippen LogP contribution is -2.31. The summed E-state index contributed by atoms with van der Waals surface area (Å²) in [6, 6.07) is 15.4. The molecule has 0 aliphatic carbocycles. The molecule has 126 valence electrons. The first-order chi connectivity index (χ1) is 12.2. The maximum atomic E-state index is 13.2. The van der Waals surface area contributed by atoms with Gasteiger partial charge in [-0.3, -0.25) is 10.4 Å². The van der Waals surface area contributed by atoms with Crippen LogP contribution in [0.15, 0.2) is 70.3 Å². The number of thiocarbonyl (C=S) groups is 1. The molecule has 1 aromatic carbocycles. The number of rotatable bonds is 5. The Morgan fingerprint density at radius 1 is 1.20 bits per heavy atom. The van der Waals surface area contributed by atoms with E-state index in [0.717, 1.165) is 5.69 Å². The van der Waals surface area contributed by atoms with Gasteiger partial charge in [0.25, 0.3) is 0 Å². The summed E-state index contributed by atoms with van der Waals surface area (Å²) in [6.07, 6.45) is 3.22. The van der Waals surface area contributed by atoms with Crippen LogP contribution in [0.1, 0.15) is 11.5 Å². The highest BCUT2D eigenvalue weighted by Gasteiger charge is 2.04. The second kappa shape index (κ2) is 8.16. The van der Waals surface area contributed by atoms with Crippen LogP contribution in [0.4, 0.5) is 4.39 Å². The summed E-state index contributed by atoms with van der Waals surface area (Å²) in [5.74, 6) is 0.784. The molecule has 0 aliphatic rings. The van der Waals surface area contributed by atoms with Gasteiger partial charge in [-0.05, 0) is 48.6 Å². The molecule has 25 heavy (non-hydrogen) atoms. The molecule has 0 amide bonds. The number of hydrogen-bond donors (Lipinski definition) is 2. The third-order valence-corrected chi connectivity index (χ3v) is 3.49. The van der Waals surface area contributed by atoms with Crippen LogP contribution in [0, 0.1) is 5.82 Å². The van der Waals surface area contributed by atoms with Gasteiger partial charge in [-0.2, -0.15) is 5.10 Å². The second-order valence-electron chi connectivity index (χ2n) is 5.09. The summed E-state index contributed by atoms with van der Waals surface area (Å²) < 4.78 is 18.8. The lowest BCUT2D eigenvalue weighted by Gasteiger charge is -2.05. The number of pyridine rings is 1. The van der Waals surface area contributed by atoms with E-state index in [9.17, 15) is 4.39 Å². The molecule has 0 aliphatic heterocycles. The van der Waals surface area contributed by atoms with E-state index in [-0.39, 0.29) is 5.82 Å². The van der Waals surface area contributed by atoms with Gasteiger partial charge in [-0.25, -0.2) is 4.39 Å². The van der Waals surface area contributed by atoms with Crippen LogP contribution in [-0.2, 0) is 6.54 Å². The van der Waals surface area contributed by atoms with Crippen molar-refractivity contribution in [3.63, 3.8) is 0 Å². The average molecular weight is 354 g/mol. The van der Waals surface area contributed by atoms with Crippen LogP contribution in [0.2, 0.25) is 0 Å². The van der Waals surface area contributed by atoms with E-state index in [1.54, 1.807) is 30.5 Å². The first-order valence-corrected chi connectivity index (χ1v) is 7.94. The largest absolute Gasteiger partial charge is 0.455 e. The number of benzene rings is 1. The topological polar surface area (TPSA) is 62.5 Å². The van der Waals surface area contributed by atoms with Gasteiger partial charge in [-0.15, -0.1) is 0 Å². The first-order valence-electron chi connectivity index (χ1n) is 7.53. The van der Waals surface area contributed by atoms with Crippen LogP contribution in [0.25, 0.3) is 11.3 Å². The third kappa shape index (κ3) is 4.95. The Hall–Kier alpha value is -3.06. The fraction of sp³-hybridized carbons (Fsp3) is 0.0556. The number of nitrogens with one attached hydrogen (secondary N) is 2.